The second-order valence-corrected chi connectivity index (χ2v) is 52.7. The van der Waals surface area contributed by atoms with Gasteiger partial charge in [-0.05, 0) is 429 Å². The van der Waals surface area contributed by atoms with E-state index in [1.165, 1.54) is 297 Å². The summed E-state index contributed by atoms with van der Waals surface area (Å²) in [7, 11) is -4.02. The molecule has 15 aliphatic rings. The largest absolute Gasteiger partial charge is 2.00 e. The number of carbonyl (C=O) groups excluding carboxylic acids is 1. The second kappa shape index (κ2) is 64.4. The number of rotatable bonds is 15. The monoisotopic (exact) mass is 2180 g/mol. The van der Waals surface area contributed by atoms with Gasteiger partial charge in [0.05, 0.1) is 27.3 Å². The smallest absolute Gasteiger partial charge is 1.00 e. The molecule has 0 radical (unpaired) electrons. The Labute approximate surface area is 991 Å². The van der Waals surface area contributed by atoms with E-state index >= 15 is 0 Å². The molecule has 0 aliphatic heterocycles. The third-order valence-electron chi connectivity index (χ3n) is 40.3. The number of ketones is 1. The molecule has 6 aromatic rings. The number of hydrogen-bond acceptors (Lipinski definition) is 8. The summed E-state index contributed by atoms with van der Waals surface area (Å²) in [5, 5.41) is 55.6. The van der Waals surface area contributed by atoms with Crippen LogP contribution in [-0.4, -0.2) is 67.8 Å². The molecule has 0 saturated heterocycles. The van der Waals surface area contributed by atoms with Crippen molar-refractivity contribution >= 4 is 39.0 Å². The van der Waals surface area contributed by atoms with Crippen LogP contribution in [0, 0.1) is 196 Å². The molecule has 15 aliphatic carbocycles. The van der Waals surface area contributed by atoms with E-state index in [9.17, 15) is 38.7 Å². The molecule has 0 bridgehead atoms. The third-order valence-corrected chi connectivity index (χ3v) is 41.2. The Morgan fingerprint density at radius 3 is 0.707 bits per heavy atom. The van der Waals surface area contributed by atoms with Crippen LogP contribution in [0.2, 0.25) is 0 Å². The second-order valence-electron chi connectivity index (χ2n) is 51.3. The van der Waals surface area contributed by atoms with E-state index in [1.54, 1.807) is 32.9 Å². The molecular weight excluding hydrogens is 1960 g/mol. The molecule has 15 saturated carbocycles. The third kappa shape index (κ3) is 37.8. The van der Waals surface area contributed by atoms with Crippen LogP contribution in [0.4, 0.5) is 0 Å². The van der Waals surface area contributed by atoms with Gasteiger partial charge in [0.15, 0.2) is 0 Å². The van der Waals surface area contributed by atoms with Gasteiger partial charge in [0.25, 0.3) is 10.1 Å². The zero-order chi connectivity index (χ0) is 100. The molecule has 150 heavy (non-hydrogen) atoms. The summed E-state index contributed by atoms with van der Waals surface area (Å²) in [6.07, 6.45) is 66.2. The van der Waals surface area contributed by atoms with Crippen LogP contribution < -0.4 is 73.5 Å². The Kier molecular flexibility index (Phi) is 59.3. The maximum absolute atomic E-state index is 11.6. The van der Waals surface area contributed by atoms with E-state index in [4.69, 9.17) is 4.55 Å². The first-order valence-electron chi connectivity index (χ1n) is 58.9. The fraction of sp³-hybridized carbons (Fsp3) is 0.730. The van der Waals surface area contributed by atoms with Crippen molar-refractivity contribution in [1.29, 1.82) is 0 Å². The zero-order valence-electron chi connectivity index (χ0n) is 93.0. The molecular formula is C137H220BrKMgO9S. The van der Waals surface area contributed by atoms with Gasteiger partial charge in [0.2, 0.25) is 0 Å². The Morgan fingerprint density at radius 1 is 0.307 bits per heavy atom. The van der Waals surface area contributed by atoms with E-state index in [-0.39, 0.29) is 141 Å². The summed E-state index contributed by atoms with van der Waals surface area (Å²) in [5.74, 6) is 23.8. The molecule has 0 aromatic heterocycles. The topological polar surface area (TPSA) is 175 Å². The van der Waals surface area contributed by atoms with Gasteiger partial charge < -0.3 is 42.5 Å². The van der Waals surface area contributed by atoms with Gasteiger partial charge in [0.1, 0.15) is 5.78 Å². The van der Waals surface area contributed by atoms with Crippen molar-refractivity contribution in [1.82, 2.24) is 0 Å². The van der Waals surface area contributed by atoms with Gasteiger partial charge in [-0.15, -0.1) is 5.60 Å². The van der Waals surface area contributed by atoms with Gasteiger partial charge in [-0.25, -0.2) is 0 Å². The van der Waals surface area contributed by atoms with Gasteiger partial charge in [0, 0.05) is 12.8 Å². The van der Waals surface area contributed by atoms with E-state index in [0.717, 1.165) is 240 Å². The molecule has 0 amide bonds. The minimum atomic E-state index is -4.02. The van der Waals surface area contributed by atoms with Crippen LogP contribution in [0.1, 0.15) is 477 Å². The zero-order valence-corrected chi connectivity index (χ0v) is 99.9. The average molecular weight is 2190 g/mol. The fourth-order valence-electron chi connectivity index (χ4n) is 33.4. The van der Waals surface area contributed by atoms with Crippen LogP contribution in [0.5, 0.6) is 0 Å². The van der Waals surface area contributed by atoms with E-state index in [1.807, 2.05) is 31.2 Å². The number of halogens is 1. The minimum absolute atomic E-state index is 0. The van der Waals surface area contributed by atoms with Crippen molar-refractivity contribution in [2.75, 3.05) is 0 Å². The van der Waals surface area contributed by atoms with Crippen molar-refractivity contribution in [3.05, 3.63) is 207 Å². The van der Waals surface area contributed by atoms with Crippen LogP contribution in [0.25, 0.3) is 0 Å². The fourth-order valence-corrected chi connectivity index (χ4v) is 33.9. The Bertz CT molecular complexity index is 4430. The van der Waals surface area contributed by atoms with Crippen molar-refractivity contribution in [2.24, 2.45) is 148 Å². The molecule has 19 unspecified atom stereocenters. The average Bonchev–Trinajstić information content (AvgIpc) is 0.775. The van der Waals surface area contributed by atoms with Gasteiger partial charge >= 0.3 is 74.4 Å². The van der Waals surface area contributed by atoms with Gasteiger partial charge in [-0.3, -0.25) is 9.35 Å². The maximum atomic E-state index is 11.6. The van der Waals surface area contributed by atoms with Crippen LogP contribution in [-0.2, 0) is 37.3 Å². The van der Waals surface area contributed by atoms with Gasteiger partial charge in [-0.2, -0.15) is 44.3 Å². The summed E-state index contributed by atoms with van der Waals surface area (Å²) in [4.78, 5) is 11.5. The van der Waals surface area contributed by atoms with Crippen LogP contribution >= 0.6 is 0 Å². The number of benzene rings is 6. The summed E-state index contributed by atoms with van der Waals surface area (Å²) in [5.41, 5.74) is 8.98. The standard InChI is InChI=1S/4C24H36O.C17H28O.C7H8O3S.C7H7.C4H9O.6CH4.BrH.K.Mg/c4*1-3-4-18-7-12-22-19(15-18)8-9-20-16-24(25,14-13-23(20)22)21-10-5-17(2)6-11-21;1-2-3-12-4-8-16-13(10-12)5-6-14-11-15(18)7-9-17(14)16;1-6-2-4-7(5-3-6)11(8,9)10;1-7-5-3-2-4-6-7;1-4(2,3)5;;;;;;;;;/h4*5-6,10-11,18-20,22-23,25H,3-4,7-9,12-16H2,1-2H3;12-14,16-17H,2-11H2,1H3;2-5H,1H3,(H,8,9,10);3-6H,1H3;1-3H3;6*1H4;1H;;/q;;;;;;2*-1;;;;;;;;+1;+2/p-1/t4*18?,19?,20-,22-,23?,24?;12?,13?,14-,16-,17?;;;;;;;;;;;;/m00000............/s1. The molecule has 0 heterocycles. The van der Waals surface area contributed by atoms with Crippen LogP contribution in [0.3, 0.4) is 0 Å². The number of hydrogen-bond donors (Lipinski definition) is 5. The molecule has 6 aromatic carbocycles. The molecule has 21 rings (SSSR count). The Hall–Kier alpha value is -2.42. The van der Waals surface area contributed by atoms with E-state index < -0.39 is 38.1 Å². The summed E-state index contributed by atoms with van der Waals surface area (Å²) < 4.78 is 29.6. The quantitative estimate of drug-likeness (QED) is 0.0381. The summed E-state index contributed by atoms with van der Waals surface area (Å²) in [6.45, 7) is 29.0. The van der Waals surface area contributed by atoms with Crippen LogP contribution in [0.15, 0.2) is 150 Å². The minimum Gasteiger partial charge on any atom is -1.00 e. The SMILES string of the molecule is C.C.C.C.C.C.CC(C)(C)[O-].CCCC1CC[C@H]2C(CC[C@H]3CC(=O)CCC32)C1.CCCC1CC[C@H]2C(CC[C@H]3CC(O)(c4ccc(C)cc4)CCC32)C1.CCCC1CC[C@H]2C(CC[C@H]3CC(O)(c4ccc(C)cc4)CCC32)C1.CCCC1CC[C@H]2C(CC[C@H]3CC(O)(c4ccc(C)cc4)CCC32)C1.CCCC1CC[C@H]2C(CC[C@H]3CC(O)(c4ccc(C)cc4)CCC32)C1.Cc1cc[c-]cc1.Cc1ccc(S(=O)(=O)O)cc1.[Br-].[K+].[Mg+2]. The maximum Gasteiger partial charge on any atom is 2.00 e. The van der Waals surface area contributed by atoms with Crippen molar-refractivity contribution in [3.63, 3.8) is 0 Å². The molecule has 0 spiro atoms. The predicted molar refractivity (Wildman–Crippen MR) is 629 cm³/mol. The van der Waals surface area contributed by atoms with E-state index in [0.29, 0.717) is 5.78 Å². The number of Topliss-reactive ketones (excluding diaryl/α,β-unsaturated/α-hetero) is 1. The summed E-state index contributed by atoms with van der Waals surface area (Å²) >= 11 is 0. The molecule has 29 atom stereocenters. The molecule has 13 heteroatoms. The van der Waals surface area contributed by atoms with Crippen molar-refractivity contribution in [2.45, 2.75) is 495 Å². The number of fused-ring (bicyclic) bond motifs is 15. The van der Waals surface area contributed by atoms with Gasteiger partial charge in [-0.1, -0.05) is 340 Å². The first-order valence-corrected chi connectivity index (χ1v) is 60.3. The first kappa shape index (κ1) is 138. The molecule has 5 N–H and O–H groups in total. The number of aliphatic hydroxyl groups is 4. The van der Waals surface area contributed by atoms with E-state index in [2.05, 4.69) is 172 Å². The van der Waals surface area contributed by atoms with Crippen molar-refractivity contribution < 1.29 is 112 Å². The summed E-state index contributed by atoms with van der Waals surface area (Å²) in [6, 6.07) is 51.4. The molecule has 838 valence electrons. The number of aryl methyl sites for hydroxylation is 6. The molecule has 15 fully saturated rings. The Morgan fingerprint density at radius 2 is 0.500 bits per heavy atom. The normalized spacial score (nSPS) is 34.3. The number of carbonyl (C=O) groups is 1. The first-order chi connectivity index (χ1) is 67.5. The van der Waals surface area contributed by atoms with Crippen molar-refractivity contribution in [3.8, 4) is 0 Å². The Balaban J connectivity index is 0.000000309. The molecule has 9 nitrogen and oxygen atoms in total. The predicted octanol–water partition coefficient (Wildman–Crippen LogP) is 30.1.